The number of benzene rings is 2. The van der Waals surface area contributed by atoms with Crippen LogP contribution in [0.15, 0.2) is 46.7 Å². The van der Waals surface area contributed by atoms with Crippen molar-refractivity contribution >= 4 is 37.9 Å². The molecule has 1 aliphatic heterocycles. The van der Waals surface area contributed by atoms with Crippen molar-refractivity contribution in [1.82, 2.24) is 4.98 Å². The summed E-state index contributed by atoms with van der Waals surface area (Å²) in [4.78, 5) is 6.78. The number of aromatic nitrogens is 1. The highest BCUT2D eigenvalue weighted by Gasteiger charge is 2.34. The fraction of sp³-hybridized carbons (Fsp3) is 0.318. The van der Waals surface area contributed by atoms with Crippen LogP contribution < -0.4 is 9.64 Å². The van der Waals surface area contributed by atoms with E-state index in [-0.39, 0.29) is 4.90 Å². The van der Waals surface area contributed by atoms with E-state index in [0.29, 0.717) is 48.7 Å². The summed E-state index contributed by atoms with van der Waals surface area (Å²) in [5, 5.41) is 2.49. The van der Waals surface area contributed by atoms with Gasteiger partial charge in [-0.1, -0.05) is 17.7 Å². The molecule has 0 unspecified atom stereocenters. The summed E-state index contributed by atoms with van der Waals surface area (Å²) in [6, 6.07) is 8.43. The van der Waals surface area contributed by atoms with Gasteiger partial charge in [0.15, 0.2) is 26.6 Å². The summed E-state index contributed by atoms with van der Waals surface area (Å²) in [7, 11) is -2.16. The second kappa shape index (κ2) is 9.33. The van der Waals surface area contributed by atoms with Crippen LogP contribution in [0.25, 0.3) is 0 Å². The average molecular weight is 499 g/mol. The minimum absolute atomic E-state index is 0.119. The van der Waals surface area contributed by atoms with E-state index in [1.54, 1.807) is 12.1 Å². The Balaban J connectivity index is 1.43. The maximum Gasteiger partial charge on any atom is 0.185 e. The van der Waals surface area contributed by atoms with E-state index in [4.69, 9.17) is 16.3 Å². The number of rotatable bonds is 6. The van der Waals surface area contributed by atoms with Crippen LogP contribution in [0, 0.1) is 11.6 Å². The van der Waals surface area contributed by atoms with Gasteiger partial charge in [0.1, 0.15) is 10.6 Å². The number of anilines is 1. The first kappa shape index (κ1) is 22.9. The highest BCUT2D eigenvalue weighted by atomic mass is 35.5. The van der Waals surface area contributed by atoms with Crippen molar-refractivity contribution in [3.8, 4) is 5.75 Å². The van der Waals surface area contributed by atoms with Crippen LogP contribution in [0.5, 0.6) is 5.75 Å². The zero-order valence-electron chi connectivity index (χ0n) is 17.2. The third-order valence-electron chi connectivity index (χ3n) is 5.49. The van der Waals surface area contributed by atoms with Gasteiger partial charge in [-0.3, -0.25) is 0 Å². The molecule has 1 fully saturated rings. The smallest absolute Gasteiger partial charge is 0.185 e. The van der Waals surface area contributed by atoms with E-state index in [9.17, 15) is 17.2 Å². The van der Waals surface area contributed by atoms with Crippen LogP contribution in [-0.2, 0) is 16.3 Å². The Morgan fingerprint density at radius 2 is 1.91 bits per heavy atom. The summed E-state index contributed by atoms with van der Waals surface area (Å²) in [5.74, 6) is -1.46. The molecule has 1 saturated heterocycles. The largest absolute Gasteiger partial charge is 0.495 e. The lowest BCUT2D eigenvalue weighted by atomic mass is 10.1. The van der Waals surface area contributed by atoms with Gasteiger partial charge in [-0.2, -0.15) is 0 Å². The van der Waals surface area contributed by atoms with Crippen molar-refractivity contribution in [2.45, 2.75) is 29.4 Å². The minimum atomic E-state index is -3.60. The first-order valence-electron chi connectivity index (χ1n) is 9.98. The molecule has 170 valence electrons. The Bertz CT molecular complexity index is 1230. The van der Waals surface area contributed by atoms with Crippen LogP contribution >= 0.6 is 22.9 Å². The number of hydrogen-bond donors (Lipinski definition) is 0. The Labute approximate surface area is 194 Å². The van der Waals surface area contributed by atoms with E-state index >= 15 is 0 Å². The lowest BCUT2D eigenvalue weighted by Crippen LogP contribution is -2.39. The molecule has 10 heteroatoms. The number of piperidine rings is 1. The van der Waals surface area contributed by atoms with Crippen molar-refractivity contribution in [1.29, 1.82) is 0 Å². The van der Waals surface area contributed by atoms with E-state index in [1.807, 2.05) is 5.38 Å². The van der Waals surface area contributed by atoms with Crippen molar-refractivity contribution in [3.63, 3.8) is 0 Å². The molecular formula is C22H21ClF2N2O3S2. The number of halogens is 3. The number of sulfone groups is 1. The second-order valence-electron chi connectivity index (χ2n) is 7.57. The van der Waals surface area contributed by atoms with Gasteiger partial charge < -0.3 is 9.64 Å². The van der Waals surface area contributed by atoms with Gasteiger partial charge >= 0.3 is 0 Å². The summed E-state index contributed by atoms with van der Waals surface area (Å²) >= 11 is 7.48. The zero-order chi connectivity index (χ0) is 22.9. The highest BCUT2D eigenvalue weighted by Crippen LogP contribution is 2.34. The molecule has 1 aromatic heterocycles. The molecule has 32 heavy (non-hydrogen) atoms. The standard InChI is InChI=1S/C22H21ClF2N2O3S2/c1-30-20-5-3-15(23)12-21(20)32(28,29)17-6-8-27(9-7-17)22-26-16(13-31-22)10-14-2-4-18(24)19(25)11-14/h2-5,11-13,17H,6-10H2,1H3. The zero-order valence-corrected chi connectivity index (χ0v) is 19.6. The molecule has 0 bridgehead atoms. The summed E-state index contributed by atoms with van der Waals surface area (Å²) < 4.78 is 58.2. The van der Waals surface area contributed by atoms with Crippen LogP contribution in [0.2, 0.25) is 5.02 Å². The van der Waals surface area contributed by atoms with Crippen molar-refractivity contribution in [2.75, 3.05) is 25.1 Å². The molecule has 0 spiro atoms. The Morgan fingerprint density at radius 1 is 1.16 bits per heavy atom. The molecule has 1 aliphatic rings. The van der Waals surface area contributed by atoms with E-state index in [2.05, 4.69) is 9.88 Å². The minimum Gasteiger partial charge on any atom is -0.495 e. The Hall–Kier alpha value is -2.23. The van der Waals surface area contributed by atoms with Crippen molar-refractivity contribution in [3.05, 3.63) is 69.7 Å². The maximum atomic E-state index is 13.4. The lowest BCUT2D eigenvalue weighted by molar-refractivity contribution is 0.402. The summed E-state index contributed by atoms with van der Waals surface area (Å²) in [6.45, 7) is 1.09. The topological polar surface area (TPSA) is 59.5 Å². The van der Waals surface area contributed by atoms with Gasteiger partial charge in [0.25, 0.3) is 0 Å². The van der Waals surface area contributed by atoms with E-state index in [1.165, 1.54) is 36.6 Å². The van der Waals surface area contributed by atoms with Crippen LogP contribution in [0.3, 0.4) is 0 Å². The summed E-state index contributed by atoms with van der Waals surface area (Å²) in [5.41, 5.74) is 1.40. The van der Waals surface area contributed by atoms with Gasteiger partial charge in [0.05, 0.1) is 18.1 Å². The predicted molar refractivity (Wildman–Crippen MR) is 122 cm³/mol. The molecule has 0 radical (unpaired) electrons. The van der Waals surface area contributed by atoms with Crippen LogP contribution in [0.4, 0.5) is 13.9 Å². The number of methoxy groups -OCH3 is 1. The van der Waals surface area contributed by atoms with E-state index < -0.39 is 26.7 Å². The lowest BCUT2D eigenvalue weighted by Gasteiger charge is -2.31. The maximum absolute atomic E-state index is 13.4. The molecule has 5 nitrogen and oxygen atoms in total. The SMILES string of the molecule is COc1ccc(Cl)cc1S(=O)(=O)C1CCN(c2nc(Cc3ccc(F)c(F)c3)cs2)CC1. The van der Waals surface area contributed by atoms with Gasteiger partial charge in [-0.05, 0) is 48.7 Å². The first-order valence-corrected chi connectivity index (χ1v) is 12.8. The molecule has 2 aromatic carbocycles. The molecule has 0 atom stereocenters. The fourth-order valence-corrected chi connectivity index (χ4v) is 6.82. The second-order valence-corrected chi connectivity index (χ2v) is 11.0. The van der Waals surface area contributed by atoms with Crippen molar-refractivity contribution in [2.24, 2.45) is 0 Å². The Kier molecular flexibility index (Phi) is 6.69. The summed E-state index contributed by atoms with van der Waals surface area (Å²) in [6.07, 6.45) is 1.30. The normalized spacial score (nSPS) is 15.2. The average Bonchev–Trinajstić information content (AvgIpc) is 3.25. The molecule has 4 rings (SSSR count). The van der Waals surface area contributed by atoms with Gasteiger partial charge in [-0.15, -0.1) is 11.3 Å². The first-order chi connectivity index (χ1) is 15.3. The molecule has 3 aromatic rings. The van der Waals surface area contributed by atoms with Gasteiger partial charge in [0.2, 0.25) is 0 Å². The molecule has 2 heterocycles. The molecule has 0 amide bonds. The monoisotopic (exact) mass is 498 g/mol. The molecular weight excluding hydrogens is 478 g/mol. The van der Waals surface area contributed by atoms with Gasteiger partial charge in [0, 0.05) is 29.9 Å². The number of ether oxygens (including phenoxy) is 1. The predicted octanol–water partition coefficient (Wildman–Crippen LogP) is 5.12. The van der Waals surface area contributed by atoms with Crippen LogP contribution in [0.1, 0.15) is 24.1 Å². The van der Waals surface area contributed by atoms with Gasteiger partial charge in [-0.25, -0.2) is 22.2 Å². The third kappa shape index (κ3) is 4.74. The van der Waals surface area contributed by atoms with Crippen molar-refractivity contribution < 1.29 is 21.9 Å². The van der Waals surface area contributed by atoms with Crippen LogP contribution in [-0.4, -0.2) is 38.9 Å². The fourth-order valence-electron chi connectivity index (χ4n) is 3.79. The molecule has 0 N–H and O–H groups in total. The molecule has 0 aliphatic carbocycles. The number of hydrogen-bond acceptors (Lipinski definition) is 6. The highest BCUT2D eigenvalue weighted by molar-refractivity contribution is 7.92. The quantitative estimate of drug-likeness (QED) is 0.472. The third-order valence-corrected chi connectivity index (χ3v) is 8.96. The van der Waals surface area contributed by atoms with E-state index in [0.717, 1.165) is 16.9 Å². The number of nitrogens with zero attached hydrogens (tertiary/aromatic N) is 2. The number of thiazole rings is 1. The molecule has 0 saturated carbocycles. The Morgan fingerprint density at radius 3 is 2.59 bits per heavy atom.